The normalized spacial score (nSPS) is 11.9. The zero-order valence-corrected chi connectivity index (χ0v) is 14.7. The van der Waals surface area contributed by atoms with Crippen LogP contribution in [0.25, 0.3) is 0 Å². The number of nitrogens with zero attached hydrogens (tertiary/aromatic N) is 2. The van der Waals surface area contributed by atoms with Crippen LogP contribution in [0.2, 0.25) is 0 Å². The molecule has 0 aliphatic carbocycles. The fraction of sp³-hybridized carbons (Fsp3) is 0.889. The van der Waals surface area contributed by atoms with Crippen LogP contribution in [0.4, 0.5) is 0 Å². The number of rotatable bonds is 17. The van der Waals surface area contributed by atoms with Gasteiger partial charge in [0.25, 0.3) is 0 Å². The molecule has 0 saturated heterocycles. The molecule has 0 rings (SSSR count). The maximum atomic E-state index is 5.42. The lowest BCUT2D eigenvalue weighted by atomic mass is 10.1. The van der Waals surface area contributed by atoms with Gasteiger partial charge < -0.3 is 11.1 Å². The quantitative estimate of drug-likeness (QED) is 0.318. The summed E-state index contributed by atoms with van der Waals surface area (Å²) in [6.07, 6.45) is 16.4. The van der Waals surface area contributed by atoms with Gasteiger partial charge in [-0.1, -0.05) is 39.0 Å². The highest BCUT2D eigenvalue weighted by Gasteiger charge is 1.91. The van der Waals surface area contributed by atoms with Crippen LogP contribution in [0.1, 0.15) is 71.1 Å². The van der Waals surface area contributed by atoms with Crippen molar-refractivity contribution in [3.63, 3.8) is 0 Å². The zero-order valence-electron chi connectivity index (χ0n) is 14.7. The molecule has 0 amide bonds. The Hall–Kier alpha value is -0.740. The van der Waals surface area contributed by atoms with Crippen LogP contribution in [-0.4, -0.2) is 45.2 Å². The van der Waals surface area contributed by atoms with Crippen molar-refractivity contribution < 1.29 is 0 Å². The molecule has 22 heavy (non-hydrogen) atoms. The summed E-state index contributed by atoms with van der Waals surface area (Å²) in [6, 6.07) is 0. The van der Waals surface area contributed by atoms with Crippen LogP contribution in [-0.2, 0) is 0 Å². The Kier molecular flexibility index (Phi) is 19.6. The Balaban J connectivity index is 3.10. The van der Waals surface area contributed by atoms with Gasteiger partial charge in [-0.3, -0.25) is 9.98 Å². The summed E-state index contributed by atoms with van der Waals surface area (Å²) in [5, 5.41) is 3.52. The SMILES string of the molecule is CCCCCCCCNCCCCN=CC=NCCCCN. The Bertz CT molecular complexity index is 251. The molecule has 0 aromatic rings. The minimum Gasteiger partial charge on any atom is -0.330 e. The van der Waals surface area contributed by atoms with Gasteiger partial charge in [-0.2, -0.15) is 0 Å². The molecule has 0 saturated carbocycles. The standard InChI is InChI=1S/C18H38N4/c1-2-3-4-5-6-8-13-20-15-10-11-16-22-18-17-21-14-9-7-12-19/h17-18,20H,2-16,19H2,1H3. The predicted molar refractivity (Wildman–Crippen MR) is 100 cm³/mol. The highest BCUT2D eigenvalue weighted by molar-refractivity contribution is 6.15. The Morgan fingerprint density at radius 1 is 0.727 bits per heavy atom. The van der Waals surface area contributed by atoms with E-state index in [1.807, 2.05) is 12.4 Å². The van der Waals surface area contributed by atoms with Gasteiger partial charge in [0.15, 0.2) is 0 Å². The lowest BCUT2D eigenvalue weighted by Gasteiger charge is -2.04. The first-order valence-corrected chi connectivity index (χ1v) is 9.30. The summed E-state index contributed by atoms with van der Waals surface area (Å²) in [5.41, 5.74) is 5.42. The van der Waals surface area contributed by atoms with Crippen molar-refractivity contribution in [1.29, 1.82) is 0 Å². The van der Waals surface area contributed by atoms with Crippen molar-refractivity contribution in [3.05, 3.63) is 0 Å². The molecule has 0 fully saturated rings. The van der Waals surface area contributed by atoms with E-state index in [4.69, 9.17) is 5.73 Å². The molecule has 130 valence electrons. The zero-order chi connectivity index (χ0) is 16.1. The first kappa shape index (κ1) is 21.3. The first-order chi connectivity index (χ1) is 10.9. The van der Waals surface area contributed by atoms with Crippen molar-refractivity contribution in [2.75, 3.05) is 32.7 Å². The molecule has 0 spiro atoms. The van der Waals surface area contributed by atoms with Gasteiger partial charge in [-0.25, -0.2) is 0 Å². The molecule has 4 heteroatoms. The van der Waals surface area contributed by atoms with Gasteiger partial charge in [-0.15, -0.1) is 0 Å². The van der Waals surface area contributed by atoms with E-state index in [9.17, 15) is 0 Å². The molecule has 3 N–H and O–H groups in total. The molecule has 0 radical (unpaired) electrons. The van der Waals surface area contributed by atoms with Gasteiger partial charge in [0.1, 0.15) is 0 Å². The molecule has 0 aromatic heterocycles. The summed E-state index contributed by atoms with van der Waals surface area (Å²) in [7, 11) is 0. The second-order valence-corrected chi connectivity index (χ2v) is 5.83. The van der Waals surface area contributed by atoms with E-state index in [2.05, 4.69) is 22.2 Å². The van der Waals surface area contributed by atoms with Crippen LogP contribution >= 0.6 is 0 Å². The largest absolute Gasteiger partial charge is 0.330 e. The van der Waals surface area contributed by atoms with E-state index in [1.165, 1.54) is 51.5 Å². The van der Waals surface area contributed by atoms with E-state index >= 15 is 0 Å². The summed E-state index contributed by atoms with van der Waals surface area (Å²) >= 11 is 0. The molecule has 4 nitrogen and oxygen atoms in total. The van der Waals surface area contributed by atoms with Crippen LogP contribution in [0.15, 0.2) is 9.98 Å². The molecule has 0 atom stereocenters. The van der Waals surface area contributed by atoms with Gasteiger partial charge in [0.05, 0.1) is 0 Å². The van der Waals surface area contributed by atoms with Crippen LogP contribution in [0, 0.1) is 0 Å². The number of unbranched alkanes of at least 4 members (excludes halogenated alkanes) is 7. The molecule has 0 aliphatic rings. The monoisotopic (exact) mass is 310 g/mol. The van der Waals surface area contributed by atoms with Crippen molar-refractivity contribution in [1.82, 2.24) is 5.32 Å². The minimum atomic E-state index is 0.760. The number of nitrogens with one attached hydrogen (secondary N) is 1. The summed E-state index contributed by atoms with van der Waals surface area (Å²) < 4.78 is 0. The molecular formula is C18H38N4. The molecule has 0 unspecified atom stereocenters. The average molecular weight is 311 g/mol. The first-order valence-electron chi connectivity index (χ1n) is 9.30. The highest BCUT2D eigenvalue weighted by Crippen LogP contribution is 2.03. The third-order valence-corrected chi connectivity index (χ3v) is 3.62. The maximum absolute atomic E-state index is 5.42. The Morgan fingerprint density at radius 2 is 1.27 bits per heavy atom. The summed E-state index contributed by atoms with van der Waals surface area (Å²) in [5.74, 6) is 0. The summed E-state index contributed by atoms with van der Waals surface area (Å²) in [6.45, 7) is 7.10. The van der Waals surface area contributed by atoms with Crippen molar-refractivity contribution in [2.45, 2.75) is 71.1 Å². The maximum Gasteiger partial charge on any atom is 0.0390 e. The van der Waals surface area contributed by atoms with Gasteiger partial charge in [0, 0.05) is 25.5 Å². The van der Waals surface area contributed by atoms with E-state index in [-0.39, 0.29) is 0 Å². The fourth-order valence-electron chi connectivity index (χ4n) is 2.20. The minimum absolute atomic E-state index is 0.760. The molecule has 0 heterocycles. The molecule has 0 bridgehead atoms. The number of hydrogen-bond donors (Lipinski definition) is 2. The van der Waals surface area contributed by atoms with Gasteiger partial charge >= 0.3 is 0 Å². The average Bonchev–Trinajstić information content (AvgIpc) is 2.54. The molecule has 0 aliphatic heterocycles. The second-order valence-electron chi connectivity index (χ2n) is 5.83. The fourth-order valence-corrected chi connectivity index (χ4v) is 2.20. The summed E-state index contributed by atoms with van der Waals surface area (Å²) in [4.78, 5) is 8.60. The topological polar surface area (TPSA) is 62.8 Å². The number of nitrogens with two attached hydrogens (primary N) is 1. The van der Waals surface area contributed by atoms with Gasteiger partial charge in [0.2, 0.25) is 0 Å². The lowest BCUT2D eigenvalue weighted by Crippen LogP contribution is -2.16. The van der Waals surface area contributed by atoms with E-state index < -0.39 is 0 Å². The number of hydrogen-bond acceptors (Lipinski definition) is 4. The second kappa shape index (κ2) is 20.3. The van der Waals surface area contributed by atoms with Crippen LogP contribution in [0.5, 0.6) is 0 Å². The Morgan fingerprint density at radius 3 is 1.91 bits per heavy atom. The third kappa shape index (κ3) is 19.3. The van der Waals surface area contributed by atoms with Crippen molar-refractivity contribution in [3.8, 4) is 0 Å². The van der Waals surface area contributed by atoms with E-state index in [1.54, 1.807) is 0 Å². The highest BCUT2D eigenvalue weighted by atomic mass is 14.8. The van der Waals surface area contributed by atoms with E-state index in [0.717, 1.165) is 45.4 Å². The lowest BCUT2D eigenvalue weighted by molar-refractivity contribution is 0.560. The smallest absolute Gasteiger partial charge is 0.0390 e. The predicted octanol–water partition coefficient (Wildman–Crippen LogP) is 3.60. The molecular weight excluding hydrogens is 272 g/mol. The molecule has 0 aromatic carbocycles. The van der Waals surface area contributed by atoms with E-state index in [0.29, 0.717) is 0 Å². The van der Waals surface area contributed by atoms with Crippen LogP contribution in [0.3, 0.4) is 0 Å². The number of aliphatic imine (C=N–C) groups is 2. The van der Waals surface area contributed by atoms with Crippen molar-refractivity contribution >= 4 is 12.4 Å². The third-order valence-electron chi connectivity index (χ3n) is 3.62. The van der Waals surface area contributed by atoms with Crippen molar-refractivity contribution in [2.24, 2.45) is 15.7 Å². The van der Waals surface area contributed by atoms with Crippen LogP contribution < -0.4 is 11.1 Å². The van der Waals surface area contributed by atoms with Gasteiger partial charge in [-0.05, 0) is 51.7 Å². The Labute approximate surface area is 138 Å².